The Morgan fingerprint density at radius 1 is 1.06 bits per heavy atom. The maximum Gasteiger partial charge on any atom is 0.255 e. The van der Waals surface area contributed by atoms with Crippen molar-refractivity contribution in [2.24, 2.45) is 5.92 Å². The van der Waals surface area contributed by atoms with Crippen LogP contribution in [0.1, 0.15) is 21.5 Å². The Hall–Kier alpha value is -3.87. The molecule has 0 radical (unpaired) electrons. The van der Waals surface area contributed by atoms with Crippen molar-refractivity contribution >= 4 is 17.5 Å². The second-order valence-electron chi connectivity index (χ2n) is 7.56. The van der Waals surface area contributed by atoms with Crippen molar-refractivity contribution in [1.82, 2.24) is 5.32 Å². The molecule has 0 spiro atoms. The van der Waals surface area contributed by atoms with E-state index < -0.39 is 0 Å². The maximum absolute atomic E-state index is 13.0. The number of amides is 2. The highest BCUT2D eigenvalue weighted by Gasteiger charge is 2.26. The van der Waals surface area contributed by atoms with E-state index >= 15 is 0 Å². The Morgan fingerprint density at radius 3 is 2.53 bits per heavy atom. The van der Waals surface area contributed by atoms with Crippen LogP contribution in [-0.4, -0.2) is 25.5 Å². The van der Waals surface area contributed by atoms with Crippen molar-refractivity contribution in [2.75, 3.05) is 19.0 Å². The van der Waals surface area contributed by atoms with Gasteiger partial charge in [0.15, 0.2) is 0 Å². The minimum absolute atomic E-state index is 0.132. The number of carbonyl (C=O) groups is 2. The number of halogens is 1. The van der Waals surface area contributed by atoms with E-state index in [0.717, 1.165) is 11.1 Å². The van der Waals surface area contributed by atoms with Crippen LogP contribution in [0.15, 0.2) is 66.7 Å². The lowest BCUT2D eigenvalue weighted by atomic mass is 9.95. The van der Waals surface area contributed by atoms with E-state index in [-0.39, 0.29) is 30.2 Å². The number of hydrogen-bond donors (Lipinski definition) is 2. The number of nitrogens with one attached hydrogen (secondary N) is 2. The van der Waals surface area contributed by atoms with Crippen molar-refractivity contribution in [3.05, 3.63) is 89.2 Å². The second-order valence-corrected chi connectivity index (χ2v) is 7.56. The molecule has 1 aliphatic rings. The van der Waals surface area contributed by atoms with Crippen molar-refractivity contribution in [3.63, 3.8) is 0 Å². The summed E-state index contributed by atoms with van der Waals surface area (Å²) in [5.41, 5.74) is 2.81. The third kappa shape index (κ3) is 5.06. The minimum Gasteiger partial charge on any atom is -0.497 e. The van der Waals surface area contributed by atoms with Gasteiger partial charge in [0.05, 0.1) is 13.0 Å². The molecule has 0 saturated heterocycles. The van der Waals surface area contributed by atoms with E-state index in [9.17, 15) is 14.0 Å². The molecule has 6 nitrogen and oxygen atoms in total. The van der Waals surface area contributed by atoms with E-state index in [1.807, 2.05) is 6.07 Å². The molecule has 1 unspecified atom stereocenters. The normalized spacial score (nSPS) is 14.6. The fraction of sp³-hybridized carbons (Fsp3) is 0.200. The highest BCUT2D eigenvalue weighted by molar-refractivity contribution is 6.04. The van der Waals surface area contributed by atoms with Gasteiger partial charge in [0.2, 0.25) is 5.91 Å². The van der Waals surface area contributed by atoms with Gasteiger partial charge in [-0.2, -0.15) is 0 Å². The van der Waals surface area contributed by atoms with Crippen LogP contribution in [0.5, 0.6) is 11.5 Å². The molecule has 3 aromatic carbocycles. The lowest BCUT2D eigenvalue weighted by Crippen LogP contribution is -2.37. The first kappa shape index (κ1) is 21.4. The third-order valence-corrected chi connectivity index (χ3v) is 5.33. The molecule has 4 rings (SSSR count). The van der Waals surface area contributed by atoms with Gasteiger partial charge in [-0.05, 0) is 72.1 Å². The summed E-state index contributed by atoms with van der Waals surface area (Å²) in [6.07, 6.45) is 0.497. The minimum atomic E-state index is -0.351. The van der Waals surface area contributed by atoms with Crippen molar-refractivity contribution in [1.29, 1.82) is 0 Å². The molecular weight excluding hydrogens is 411 g/mol. The highest BCUT2D eigenvalue weighted by Crippen LogP contribution is 2.30. The summed E-state index contributed by atoms with van der Waals surface area (Å²) in [6.45, 7) is 0.597. The Morgan fingerprint density at radius 2 is 1.81 bits per heavy atom. The molecule has 0 fully saturated rings. The zero-order chi connectivity index (χ0) is 22.5. The highest BCUT2D eigenvalue weighted by atomic mass is 19.1. The molecule has 7 heteroatoms. The van der Waals surface area contributed by atoms with E-state index in [1.165, 1.54) is 12.1 Å². The number of fused-ring (bicyclic) bond motifs is 1. The van der Waals surface area contributed by atoms with Gasteiger partial charge in [-0.15, -0.1) is 0 Å². The van der Waals surface area contributed by atoms with Crippen LogP contribution in [0.4, 0.5) is 10.1 Å². The van der Waals surface area contributed by atoms with Gasteiger partial charge in [-0.3, -0.25) is 9.59 Å². The van der Waals surface area contributed by atoms with Gasteiger partial charge in [-0.25, -0.2) is 4.39 Å². The van der Waals surface area contributed by atoms with Gasteiger partial charge in [-0.1, -0.05) is 12.1 Å². The number of hydrogen-bond acceptors (Lipinski definition) is 4. The van der Waals surface area contributed by atoms with E-state index in [1.54, 1.807) is 55.6 Å². The first-order valence-electron chi connectivity index (χ1n) is 10.2. The molecule has 0 aliphatic carbocycles. The van der Waals surface area contributed by atoms with Crippen LogP contribution in [0.3, 0.4) is 0 Å². The zero-order valence-electron chi connectivity index (χ0n) is 17.6. The summed E-state index contributed by atoms with van der Waals surface area (Å²) in [7, 11) is 1.57. The molecule has 3 aromatic rings. The molecule has 0 bridgehead atoms. The third-order valence-electron chi connectivity index (χ3n) is 5.33. The molecule has 2 N–H and O–H groups in total. The van der Waals surface area contributed by atoms with Gasteiger partial charge in [0.25, 0.3) is 5.91 Å². The maximum atomic E-state index is 13.0. The molecule has 2 amide bonds. The molecule has 0 aromatic heterocycles. The fourth-order valence-electron chi connectivity index (χ4n) is 3.52. The SMILES string of the molecule is COc1ccc(C(=O)Nc2ccc3c(c2)CC(C(=O)NCc2ccc(F)cc2)CO3)cc1. The lowest BCUT2D eigenvalue weighted by molar-refractivity contribution is -0.126. The van der Waals surface area contributed by atoms with Gasteiger partial charge < -0.3 is 20.1 Å². The number of carbonyl (C=O) groups excluding carboxylic acids is 2. The average Bonchev–Trinajstić information content (AvgIpc) is 2.83. The van der Waals surface area contributed by atoms with E-state index in [2.05, 4.69) is 10.6 Å². The predicted molar refractivity (Wildman–Crippen MR) is 118 cm³/mol. The molecular formula is C25H23FN2O4. The molecule has 164 valence electrons. The van der Waals surface area contributed by atoms with Gasteiger partial charge in [0, 0.05) is 17.8 Å². The topological polar surface area (TPSA) is 76.7 Å². The van der Waals surface area contributed by atoms with Crippen LogP contribution in [0, 0.1) is 11.7 Å². The number of benzene rings is 3. The quantitative estimate of drug-likeness (QED) is 0.616. The van der Waals surface area contributed by atoms with Crippen molar-refractivity contribution in [3.8, 4) is 11.5 Å². The summed E-state index contributed by atoms with van der Waals surface area (Å²) in [6, 6.07) is 18.2. The first-order valence-corrected chi connectivity index (χ1v) is 10.2. The average molecular weight is 434 g/mol. The van der Waals surface area contributed by atoms with E-state index in [4.69, 9.17) is 9.47 Å². The fourth-order valence-corrected chi connectivity index (χ4v) is 3.52. The number of ether oxygens (including phenoxy) is 2. The van der Waals surface area contributed by atoms with Crippen LogP contribution < -0.4 is 20.1 Å². The monoisotopic (exact) mass is 434 g/mol. The standard InChI is InChI=1S/C25H23FN2O4/c1-31-22-9-4-17(5-10-22)25(30)28-21-8-11-23-18(13-21)12-19(15-32-23)24(29)27-14-16-2-6-20(26)7-3-16/h2-11,13,19H,12,14-15H2,1H3,(H,27,29)(H,28,30). The number of methoxy groups -OCH3 is 1. The van der Waals surface area contributed by atoms with Crippen LogP contribution in [0.2, 0.25) is 0 Å². The largest absolute Gasteiger partial charge is 0.497 e. The molecule has 1 atom stereocenters. The van der Waals surface area contributed by atoms with E-state index in [0.29, 0.717) is 35.7 Å². The Balaban J connectivity index is 1.38. The summed E-state index contributed by atoms with van der Waals surface area (Å²) >= 11 is 0. The molecule has 1 heterocycles. The summed E-state index contributed by atoms with van der Waals surface area (Å²) < 4.78 is 23.9. The Kier molecular flexibility index (Phi) is 6.35. The smallest absolute Gasteiger partial charge is 0.255 e. The second kappa shape index (κ2) is 9.51. The van der Waals surface area contributed by atoms with Crippen LogP contribution in [0.25, 0.3) is 0 Å². The molecule has 0 saturated carbocycles. The lowest BCUT2D eigenvalue weighted by Gasteiger charge is -2.25. The zero-order valence-corrected chi connectivity index (χ0v) is 17.6. The van der Waals surface area contributed by atoms with Crippen molar-refractivity contribution in [2.45, 2.75) is 13.0 Å². The Labute approximate surface area is 185 Å². The summed E-state index contributed by atoms with van der Waals surface area (Å²) in [5.74, 6) is 0.347. The van der Waals surface area contributed by atoms with Crippen LogP contribution in [-0.2, 0) is 17.8 Å². The molecule has 1 aliphatic heterocycles. The Bertz CT molecular complexity index is 1110. The molecule has 32 heavy (non-hydrogen) atoms. The number of anilines is 1. The summed E-state index contributed by atoms with van der Waals surface area (Å²) in [5, 5.41) is 5.75. The van der Waals surface area contributed by atoms with Crippen molar-refractivity contribution < 1.29 is 23.5 Å². The number of rotatable bonds is 6. The van der Waals surface area contributed by atoms with Crippen LogP contribution >= 0.6 is 0 Å². The first-order chi connectivity index (χ1) is 15.5. The summed E-state index contributed by atoms with van der Waals surface area (Å²) in [4.78, 5) is 25.1. The van der Waals surface area contributed by atoms with Gasteiger partial charge >= 0.3 is 0 Å². The van der Waals surface area contributed by atoms with Gasteiger partial charge in [0.1, 0.15) is 23.9 Å². The predicted octanol–water partition coefficient (Wildman–Crippen LogP) is 3.95.